The molecule has 3 heterocycles. The van der Waals surface area contributed by atoms with Gasteiger partial charge in [-0.1, -0.05) is 18.2 Å². The van der Waals surface area contributed by atoms with E-state index in [9.17, 15) is 4.79 Å². The molecule has 1 N–H and O–H groups in total. The van der Waals surface area contributed by atoms with Crippen LogP contribution in [0.25, 0.3) is 11.1 Å². The van der Waals surface area contributed by atoms with Crippen LogP contribution in [0.3, 0.4) is 0 Å². The zero-order chi connectivity index (χ0) is 22.1. The normalized spacial score (nSPS) is 18.2. The number of hydrogen-bond acceptors (Lipinski definition) is 5. The number of piperazine rings is 1. The Morgan fingerprint density at radius 3 is 2.59 bits per heavy atom. The first-order valence-corrected chi connectivity index (χ1v) is 11.1. The van der Waals surface area contributed by atoms with E-state index in [1.54, 1.807) is 12.4 Å². The van der Waals surface area contributed by atoms with E-state index in [1.165, 1.54) is 0 Å². The molecule has 5 rings (SSSR count). The van der Waals surface area contributed by atoms with Gasteiger partial charge in [-0.05, 0) is 61.0 Å². The van der Waals surface area contributed by atoms with E-state index in [4.69, 9.17) is 4.74 Å². The van der Waals surface area contributed by atoms with Crippen LogP contribution in [0.4, 0.5) is 5.69 Å². The van der Waals surface area contributed by atoms with Crippen molar-refractivity contribution in [1.82, 2.24) is 15.2 Å². The Morgan fingerprint density at radius 2 is 1.84 bits per heavy atom. The number of carbonyl (C=O) groups is 1. The summed E-state index contributed by atoms with van der Waals surface area (Å²) in [5.74, 6) is 0.792. The van der Waals surface area contributed by atoms with Crippen LogP contribution in [0.2, 0.25) is 0 Å². The number of benzene rings is 2. The molecule has 0 bridgehead atoms. The highest BCUT2D eigenvalue weighted by atomic mass is 16.5. The summed E-state index contributed by atoms with van der Waals surface area (Å²) in [6, 6.07) is 16.0. The van der Waals surface area contributed by atoms with Crippen LogP contribution >= 0.6 is 0 Å². The molecular formula is C26H28N4O2. The molecule has 1 atom stereocenters. The minimum Gasteiger partial charge on any atom is -0.468 e. The van der Waals surface area contributed by atoms with E-state index < -0.39 is 0 Å². The fraction of sp³-hybridized carbons (Fsp3) is 0.308. The molecule has 1 unspecified atom stereocenters. The van der Waals surface area contributed by atoms with Crippen LogP contribution in [0, 0.1) is 6.92 Å². The second kappa shape index (κ2) is 8.63. The van der Waals surface area contributed by atoms with Crippen molar-refractivity contribution in [2.45, 2.75) is 19.6 Å². The number of ether oxygens (including phenoxy) is 1. The van der Waals surface area contributed by atoms with Crippen molar-refractivity contribution in [3.05, 3.63) is 77.6 Å². The van der Waals surface area contributed by atoms with E-state index in [1.807, 2.05) is 37.3 Å². The molecule has 2 aliphatic rings. The van der Waals surface area contributed by atoms with Crippen molar-refractivity contribution in [2.75, 3.05) is 38.1 Å². The lowest BCUT2D eigenvalue weighted by Crippen LogP contribution is -2.44. The average molecular weight is 429 g/mol. The number of likely N-dealkylation sites (N-methyl/N-ethyl adjacent to an activating group) is 1. The molecule has 164 valence electrons. The zero-order valence-corrected chi connectivity index (χ0v) is 18.5. The minimum atomic E-state index is -0.355. The van der Waals surface area contributed by atoms with Gasteiger partial charge < -0.3 is 19.9 Å². The van der Waals surface area contributed by atoms with E-state index in [0.29, 0.717) is 12.0 Å². The molecule has 1 amide bonds. The van der Waals surface area contributed by atoms with Gasteiger partial charge in [-0.3, -0.25) is 9.78 Å². The summed E-state index contributed by atoms with van der Waals surface area (Å²) in [6.45, 7) is 6.07. The maximum Gasteiger partial charge on any atom is 0.254 e. The molecule has 0 radical (unpaired) electrons. The van der Waals surface area contributed by atoms with Gasteiger partial charge in [-0.2, -0.15) is 0 Å². The first kappa shape index (κ1) is 20.5. The molecule has 1 fully saturated rings. The molecule has 3 aromatic rings. The predicted octanol–water partition coefficient (Wildman–Crippen LogP) is 3.50. The Hall–Kier alpha value is -3.38. The standard InChI is InChI=1S/C26H28N4O2/c1-18-16-21(6-7-22(18)19-8-10-27-11-9-19)26(31)28-24-17-20-4-3-5-23(25(20)32-24)30-14-12-29(2)13-15-30/h3-11,16,24H,12-15,17H2,1-2H3,(H,28,31). The predicted molar refractivity (Wildman–Crippen MR) is 126 cm³/mol. The maximum atomic E-state index is 13.0. The van der Waals surface area contributed by atoms with Crippen LogP contribution in [0.1, 0.15) is 21.5 Å². The van der Waals surface area contributed by atoms with Crippen molar-refractivity contribution in [3.8, 4) is 16.9 Å². The van der Waals surface area contributed by atoms with Gasteiger partial charge in [-0.15, -0.1) is 0 Å². The number of para-hydroxylation sites is 1. The Labute approximate surface area is 188 Å². The van der Waals surface area contributed by atoms with Crippen molar-refractivity contribution in [1.29, 1.82) is 0 Å². The summed E-state index contributed by atoms with van der Waals surface area (Å²) in [5, 5.41) is 3.07. The second-order valence-electron chi connectivity index (χ2n) is 8.61. The van der Waals surface area contributed by atoms with Gasteiger partial charge in [-0.25, -0.2) is 0 Å². The largest absolute Gasteiger partial charge is 0.468 e. The number of rotatable bonds is 4. The number of nitrogens with one attached hydrogen (secondary N) is 1. The van der Waals surface area contributed by atoms with Gasteiger partial charge in [0.05, 0.1) is 5.69 Å². The molecule has 0 aliphatic carbocycles. The summed E-state index contributed by atoms with van der Waals surface area (Å²) >= 11 is 0. The first-order chi connectivity index (χ1) is 15.6. The lowest BCUT2D eigenvalue weighted by molar-refractivity contribution is 0.0856. The number of hydrogen-bond donors (Lipinski definition) is 1. The number of amides is 1. The van der Waals surface area contributed by atoms with Gasteiger partial charge in [0.15, 0.2) is 6.23 Å². The Balaban J connectivity index is 1.28. The van der Waals surface area contributed by atoms with Crippen LogP contribution in [0.15, 0.2) is 60.9 Å². The van der Waals surface area contributed by atoms with E-state index in [-0.39, 0.29) is 12.1 Å². The van der Waals surface area contributed by atoms with Gasteiger partial charge in [0.2, 0.25) is 0 Å². The first-order valence-electron chi connectivity index (χ1n) is 11.1. The van der Waals surface area contributed by atoms with Gasteiger partial charge >= 0.3 is 0 Å². The van der Waals surface area contributed by atoms with Crippen LogP contribution in [-0.4, -0.2) is 55.2 Å². The Morgan fingerprint density at radius 1 is 1.06 bits per heavy atom. The summed E-state index contributed by atoms with van der Waals surface area (Å²) in [5.41, 5.74) is 6.16. The fourth-order valence-corrected chi connectivity index (χ4v) is 4.52. The molecule has 2 aromatic carbocycles. The maximum absolute atomic E-state index is 13.0. The molecule has 1 aromatic heterocycles. The quantitative estimate of drug-likeness (QED) is 0.689. The van der Waals surface area contributed by atoms with Gasteiger partial charge in [0.1, 0.15) is 5.75 Å². The lowest BCUT2D eigenvalue weighted by Gasteiger charge is -2.34. The second-order valence-corrected chi connectivity index (χ2v) is 8.61. The van der Waals surface area contributed by atoms with E-state index in [2.05, 4.69) is 45.3 Å². The number of carbonyl (C=O) groups excluding carboxylic acids is 1. The molecule has 6 nitrogen and oxygen atoms in total. The lowest BCUT2D eigenvalue weighted by atomic mass is 9.99. The highest BCUT2D eigenvalue weighted by Gasteiger charge is 2.29. The van der Waals surface area contributed by atoms with E-state index >= 15 is 0 Å². The monoisotopic (exact) mass is 428 g/mol. The van der Waals surface area contributed by atoms with Crippen molar-refractivity contribution in [3.63, 3.8) is 0 Å². The third-order valence-electron chi connectivity index (χ3n) is 6.36. The highest BCUT2D eigenvalue weighted by Crippen LogP contribution is 2.38. The van der Waals surface area contributed by atoms with Crippen molar-refractivity contribution in [2.24, 2.45) is 0 Å². The molecule has 6 heteroatoms. The molecule has 0 saturated carbocycles. The van der Waals surface area contributed by atoms with E-state index in [0.717, 1.165) is 59.9 Å². The summed E-state index contributed by atoms with van der Waals surface area (Å²) in [6.07, 6.45) is 3.88. The number of pyridine rings is 1. The zero-order valence-electron chi connectivity index (χ0n) is 18.5. The smallest absolute Gasteiger partial charge is 0.254 e. The molecule has 2 aliphatic heterocycles. The molecule has 0 spiro atoms. The third-order valence-corrected chi connectivity index (χ3v) is 6.36. The SMILES string of the molecule is Cc1cc(C(=O)NC2Cc3cccc(N4CCN(C)CC4)c3O2)ccc1-c1ccncc1. The highest BCUT2D eigenvalue weighted by molar-refractivity contribution is 5.95. The summed E-state index contributed by atoms with van der Waals surface area (Å²) in [7, 11) is 2.15. The Bertz CT molecular complexity index is 1120. The number of fused-ring (bicyclic) bond motifs is 1. The van der Waals surface area contributed by atoms with Gasteiger partial charge in [0.25, 0.3) is 5.91 Å². The van der Waals surface area contributed by atoms with Crippen molar-refractivity contribution >= 4 is 11.6 Å². The summed E-state index contributed by atoms with van der Waals surface area (Å²) in [4.78, 5) is 21.8. The third kappa shape index (κ3) is 4.06. The fourth-order valence-electron chi connectivity index (χ4n) is 4.52. The number of aryl methyl sites for hydroxylation is 1. The molecule has 32 heavy (non-hydrogen) atoms. The van der Waals surface area contributed by atoms with Crippen LogP contribution in [-0.2, 0) is 6.42 Å². The number of aromatic nitrogens is 1. The molecular weight excluding hydrogens is 400 g/mol. The molecule has 1 saturated heterocycles. The summed E-state index contributed by atoms with van der Waals surface area (Å²) < 4.78 is 6.24. The minimum absolute atomic E-state index is 0.117. The number of nitrogens with zero attached hydrogens (tertiary/aromatic N) is 3. The van der Waals surface area contributed by atoms with Crippen molar-refractivity contribution < 1.29 is 9.53 Å². The number of anilines is 1. The van der Waals surface area contributed by atoms with Gasteiger partial charge in [0, 0.05) is 56.1 Å². The average Bonchev–Trinajstić information content (AvgIpc) is 3.22. The van der Waals surface area contributed by atoms with Crippen LogP contribution in [0.5, 0.6) is 5.75 Å². The van der Waals surface area contributed by atoms with Crippen LogP contribution < -0.4 is 15.0 Å². The Kier molecular flexibility index (Phi) is 5.53. The topological polar surface area (TPSA) is 57.7 Å².